The molecule has 0 amide bonds. The van der Waals surface area contributed by atoms with E-state index in [-0.39, 0.29) is 6.04 Å². The Balaban J connectivity index is 1.14. The van der Waals surface area contributed by atoms with Crippen LogP contribution in [-0.4, -0.2) is 5.84 Å². The van der Waals surface area contributed by atoms with Crippen LogP contribution in [0.25, 0.3) is 38.4 Å². The number of nitrogens with one attached hydrogen (secondary N) is 1. The molecule has 1 atom stereocenters. The molecule has 0 fully saturated rings. The predicted octanol–water partition coefficient (Wildman–Crippen LogP) is 13.3. The molecule has 0 radical (unpaired) electrons. The Morgan fingerprint density at radius 3 is 1.66 bits per heavy atom. The van der Waals surface area contributed by atoms with E-state index in [0.29, 0.717) is 0 Å². The van der Waals surface area contributed by atoms with Gasteiger partial charge >= 0.3 is 0 Å². The van der Waals surface area contributed by atoms with Crippen molar-refractivity contribution in [3.8, 4) is 11.1 Å². The fraction of sp³-hybridized carbons (Fsp3) is 0.0364. The molecule has 58 heavy (non-hydrogen) atoms. The van der Waals surface area contributed by atoms with Crippen molar-refractivity contribution in [1.82, 2.24) is 5.32 Å². The van der Waals surface area contributed by atoms with Crippen LogP contribution in [0.3, 0.4) is 0 Å². The van der Waals surface area contributed by atoms with Gasteiger partial charge in [0.05, 0.1) is 28.5 Å². The smallest absolute Gasteiger partial charge is 0.134 e. The Kier molecular flexibility index (Phi) is 7.21. The third kappa shape index (κ3) is 4.71. The van der Waals surface area contributed by atoms with Gasteiger partial charge in [0.25, 0.3) is 0 Å². The van der Waals surface area contributed by atoms with Gasteiger partial charge in [0.15, 0.2) is 0 Å². The van der Waals surface area contributed by atoms with E-state index in [4.69, 9.17) is 4.99 Å². The van der Waals surface area contributed by atoms with Gasteiger partial charge in [-0.15, -0.1) is 0 Å². The van der Waals surface area contributed by atoms with Crippen molar-refractivity contribution in [2.45, 2.75) is 11.5 Å². The van der Waals surface area contributed by atoms with Crippen molar-refractivity contribution >= 4 is 50.1 Å². The van der Waals surface area contributed by atoms with Crippen LogP contribution >= 0.6 is 0 Å². The number of hydrogen-bond donors (Lipinski definition) is 1. The molecule has 9 aromatic rings. The first-order valence-electron chi connectivity index (χ1n) is 20.1. The van der Waals surface area contributed by atoms with E-state index < -0.39 is 5.41 Å². The standard InChI is InChI=1S/C55H37N3/c1-4-18-38(19-5-1)50-35-51(57-54(56-50)39-20-6-2-7-21-39)40-30-31-47-45(34-40)44-26-14-15-27-46(44)55(47)48-32-28-36-16-10-12-24-42(36)52(48)58(41-22-8-3-9-23-41)53-43-25-13-11-17-37(43)29-33-49(53)55/h1-35,51H,(H,56,57). The molecule has 3 nitrogen and oxygen atoms in total. The van der Waals surface area contributed by atoms with Crippen molar-refractivity contribution in [1.29, 1.82) is 0 Å². The normalized spacial score (nSPS) is 15.9. The largest absolute Gasteiger partial charge is 0.359 e. The van der Waals surface area contributed by atoms with Gasteiger partial charge in [0.1, 0.15) is 5.84 Å². The van der Waals surface area contributed by atoms with Crippen LogP contribution < -0.4 is 10.2 Å². The van der Waals surface area contributed by atoms with E-state index in [1.165, 1.54) is 71.9 Å². The van der Waals surface area contributed by atoms with Gasteiger partial charge in [-0.2, -0.15) is 0 Å². The number of aliphatic imine (C=N–C) groups is 1. The van der Waals surface area contributed by atoms with Crippen molar-refractivity contribution in [2.75, 3.05) is 4.90 Å². The molecule has 9 aromatic carbocycles. The number of nitrogens with zero attached hydrogens (tertiary/aromatic N) is 2. The Bertz CT molecular complexity index is 3060. The lowest BCUT2D eigenvalue weighted by atomic mass is 9.63. The first kappa shape index (κ1) is 32.7. The Morgan fingerprint density at radius 2 is 0.983 bits per heavy atom. The maximum atomic E-state index is 5.17. The number of fused-ring (bicyclic) bond motifs is 13. The number of anilines is 3. The number of rotatable bonds is 4. The number of para-hydroxylation sites is 1. The molecular formula is C55H37N3. The van der Waals surface area contributed by atoms with Crippen LogP contribution in [0, 0.1) is 0 Å². The molecule has 2 aliphatic heterocycles. The summed E-state index contributed by atoms with van der Waals surface area (Å²) in [5, 5.41) is 8.76. The molecule has 0 aromatic heterocycles. The second-order valence-corrected chi connectivity index (χ2v) is 15.5. The second kappa shape index (κ2) is 12.8. The minimum atomic E-state index is -0.573. The van der Waals surface area contributed by atoms with Crippen LogP contribution in [0.2, 0.25) is 0 Å². The molecule has 1 N–H and O–H groups in total. The van der Waals surface area contributed by atoms with Gasteiger partial charge in [-0.1, -0.05) is 188 Å². The SMILES string of the molecule is C1=C(c2ccccc2)N=C(c2ccccc2)NC1c1ccc2c(c1)-c1ccccc1C21c2ccc3ccccc3c2N(c2ccccc2)c2c1ccc1ccccc21. The predicted molar refractivity (Wildman–Crippen MR) is 240 cm³/mol. The number of hydrogen-bond acceptors (Lipinski definition) is 3. The first-order valence-corrected chi connectivity index (χ1v) is 20.1. The van der Waals surface area contributed by atoms with E-state index in [0.717, 1.165) is 28.3 Å². The van der Waals surface area contributed by atoms with Gasteiger partial charge in [-0.25, -0.2) is 4.99 Å². The van der Waals surface area contributed by atoms with Crippen molar-refractivity contribution in [3.05, 3.63) is 251 Å². The Labute approximate surface area is 337 Å². The van der Waals surface area contributed by atoms with Crippen LogP contribution in [-0.2, 0) is 5.41 Å². The van der Waals surface area contributed by atoms with Crippen LogP contribution in [0.15, 0.2) is 217 Å². The average molecular weight is 740 g/mol. The average Bonchev–Trinajstić information content (AvgIpc) is 3.59. The molecule has 0 bridgehead atoms. The summed E-state index contributed by atoms with van der Waals surface area (Å²) in [7, 11) is 0. The minimum absolute atomic E-state index is 0.0932. The third-order valence-electron chi connectivity index (χ3n) is 12.5. The number of amidine groups is 1. The summed E-state index contributed by atoms with van der Waals surface area (Å²) in [6.45, 7) is 0. The number of benzene rings is 9. The lowest BCUT2D eigenvalue weighted by molar-refractivity contribution is 0.751. The van der Waals surface area contributed by atoms with Gasteiger partial charge in [-0.3, -0.25) is 0 Å². The Morgan fingerprint density at radius 1 is 0.448 bits per heavy atom. The molecule has 3 heteroatoms. The summed E-state index contributed by atoms with van der Waals surface area (Å²) in [4.78, 5) is 7.71. The van der Waals surface area contributed by atoms with Gasteiger partial charge in [0, 0.05) is 22.0 Å². The van der Waals surface area contributed by atoms with E-state index in [1.54, 1.807) is 0 Å². The highest BCUT2D eigenvalue weighted by Crippen LogP contribution is 2.65. The van der Waals surface area contributed by atoms with E-state index in [9.17, 15) is 0 Å². The summed E-state index contributed by atoms with van der Waals surface area (Å²) in [5.41, 5.74) is 15.1. The lowest BCUT2D eigenvalue weighted by Gasteiger charge is -2.46. The van der Waals surface area contributed by atoms with Crippen molar-refractivity contribution in [3.63, 3.8) is 0 Å². The summed E-state index contributed by atoms with van der Waals surface area (Å²) >= 11 is 0. The summed E-state index contributed by atoms with van der Waals surface area (Å²) in [6.07, 6.45) is 2.28. The van der Waals surface area contributed by atoms with Crippen molar-refractivity contribution in [2.24, 2.45) is 4.99 Å². The molecule has 1 aliphatic carbocycles. The van der Waals surface area contributed by atoms with Gasteiger partial charge in [-0.05, 0) is 79.6 Å². The monoisotopic (exact) mass is 739 g/mol. The quantitative estimate of drug-likeness (QED) is 0.195. The second-order valence-electron chi connectivity index (χ2n) is 15.5. The molecular weight excluding hydrogens is 703 g/mol. The fourth-order valence-corrected chi connectivity index (χ4v) is 9.99. The van der Waals surface area contributed by atoms with Gasteiger partial charge in [0.2, 0.25) is 0 Å². The van der Waals surface area contributed by atoms with E-state index >= 15 is 0 Å². The zero-order valence-electron chi connectivity index (χ0n) is 31.7. The fourth-order valence-electron chi connectivity index (χ4n) is 9.99. The zero-order chi connectivity index (χ0) is 38.2. The first-order chi connectivity index (χ1) is 28.8. The minimum Gasteiger partial charge on any atom is -0.359 e. The molecule has 1 unspecified atom stereocenters. The van der Waals surface area contributed by atoms with Crippen LogP contribution in [0.1, 0.15) is 45.0 Å². The lowest BCUT2D eigenvalue weighted by Crippen LogP contribution is -2.36. The summed E-state index contributed by atoms with van der Waals surface area (Å²) in [6, 6.07) is 75.4. The molecule has 272 valence electrons. The molecule has 0 saturated heterocycles. The molecule has 2 heterocycles. The summed E-state index contributed by atoms with van der Waals surface area (Å²) < 4.78 is 0. The Hall–Kier alpha value is -7.49. The van der Waals surface area contributed by atoms with E-state index in [1.807, 2.05) is 0 Å². The highest BCUT2D eigenvalue weighted by atomic mass is 15.2. The zero-order valence-corrected chi connectivity index (χ0v) is 31.7. The van der Waals surface area contributed by atoms with E-state index in [2.05, 4.69) is 223 Å². The topological polar surface area (TPSA) is 27.6 Å². The molecule has 3 aliphatic rings. The molecule has 1 spiro atoms. The highest BCUT2D eigenvalue weighted by Gasteiger charge is 2.52. The maximum absolute atomic E-state index is 5.17. The van der Waals surface area contributed by atoms with Crippen molar-refractivity contribution < 1.29 is 0 Å². The third-order valence-corrected chi connectivity index (χ3v) is 12.5. The van der Waals surface area contributed by atoms with Gasteiger partial charge < -0.3 is 10.2 Å². The van der Waals surface area contributed by atoms with Crippen LogP contribution in [0.4, 0.5) is 17.1 Å². The maximum Gasteiger partial charge on any atom is 0.134 e. The molecule has 0 saturated carbocycles. The van der Waals surface area contributed by atoms with Crippen LogP contribution in [0.5, 0.6) is 0 Å². The molecule has 12 rings (SSSR count). The highest BCUT2D eigenvalue weighted by molar-refractivity contribution is 6.12. The summed E-state index contributed by atoms with van der Waals surface area (Å²) in [5.74, 6) is 0.874.